The van der Waals surface area contributed by atoms with E-state index in [1.54, 1.807) is 6.92 Å². The molecule has 0 bridgehead atoms. The molecule has 2 heterocycles. The molecule has 0 saturated heterocycles. The number of carbonyl (C=O) groups is 1. The van der Waals surface area contributed by atoms with Crippen molar-refractivity contribution in [1.82, 2.24) is 9.97 Å². The predicted octanol–water partition coefficient (Wildman–Crippen LogP) is 1.85. The van der Waals surface area contributed by atoms with Gasteiger partial charge in [-0.15, -0.1) is 0 Å². The number of rotatable bonds is 7. The quantitative estimate of drug-likeness (QED) is 0.704. The second-order valence-corrected chi connectivity index (χ2v) is 6.45. The summed E-state index contributed by atoms with van der Waals surface area (Å²) in [6.45, 7) is 1.95. The summed E-state index contributed by atoms with van der Waals surface area (Å²) in [6.07, 6.45) is 4.87. The highest BCUT2D eigenvalue weighted by molar-refractivity contribution is 6.43. The number of ether oxygens (including phenoxy) is 3. The molecule has 0 aromatic carbocycles. The molecule has 3 rings (SSSR count). The van der Waals surface area contributed by atoms with Crippen LogP contribution in [0.15, 0.2) is 4.99 Å². The summed E-state index contributed by atoms with van der Waals surface area (Å²) >= 11 is 0. The summed E-state index contributed by atoms with van der Waals surface area (Å²) in [4.78, 5) is 25.3. The summed E-state index contributed by atoms with van der Waals surface area (Å²) in [6, 6.07) is 0. The van der Waals surface area contributed by atoms with Gasteiger partial charge in [0.25, 0.3) is 0 Å². The van der Waals surface area contributed by atoms with Gasteiger partial charge in [0, 0.05) is 7.11 Å². The van der Waals surface area contributed by atoms with Gasteiger partial charge in [0.15, 0.2) is 11.5 Å². The van der Waals surface area contributed by atoms with Gasteiger partial charge in [0.2, 0.25) is 17.6 Å². The van der Waals surface area contributed by atoms with E-state index in [2.05, 4.69) is 20.3 Å². The number of hydrogen-bond acceptors (Lipinski definition) is 9. The number of nitrogens with one attached hydrogen (secondary N) is 1. The summed E-state index contributed by atoms with van der Waals surface area (Å²) in [5.74, 6) is 0.692. The molecule has 0 amide bonds. The minimum atomic E-state index is -0.658. The number of hydrogen-bond donors (Lipinski definition) is 2. The van der Waals surface area contributed by atoms with Crippen molar-refractivity contribution in [1.29, 1.82) is 0 Å². The van der Waals surface area contributed by atoms with Crippen LogP contribution < -0.4 is 15.8 Å². The fourth-order valence-electron chi connectivity index (χ4n) is 3.06. The normalized spacial score (nSPS) is 18.5. The zero-order chi connectivity index (χ0) is 18.5. The Morgan fingerprint density at radius 2 is 2.08 bits per heavy atom. The van der Waals surface area contributed by atoms with Crippen LogP contribution in [-0.2, 0) is 14.3 Å². The molecule has 9 heteroatoms. The molecular weight excluding hydrogens is 338 g/mol. The van der Waals surface area contributed by atoms with Crippen molar-refractivity contribution in [2.24, 2.45) is 4.99 Å². The number of nitrogens with two attached hydrogens (primary N) is 1. The van der Waals surface area contributed by atoms with Crippen molar-refractivity contribution in [2.75, 3.05) is 31.5 Å². The van der Waals surface area contributed by atoms with Crippen LogP contribution in [0.5, 0.6) is 5.88 Å². The minimum absolute atomic E-state index is 0.0416. The molecule has 1 aromatic heterocycles. The highest BCUT2D eigenvalue weighted by Gasteiger charge is 2.27. The number of anilines is 2. The molecule has 0 unspecified atom stereocenters. The van der Waals surface area contributed by atoms with Gasteiger partial charge < -0.3 is 25.3 Å². The Hall–Kier alpha value is -2.26. The van der Waals surface area contributed by atoms with E-state index >= 15 is 0 Å². The minimum Gasteiger partial charge on any atom is -0.473 e. The Balaban J connectivity index is 1.83. The Kier molecular flexibility index (Phi) is 6.00. The first-order chi connectivity index (χ1) is 12.6. The maximum absolute atomic E-state index is 12.5. The molecule has 2 aliphatic rings. The average Bonchev–Trinajstić information content (AvgIpc) is 2.66. The molecule has 0 spiro atoms. The maximum atomic E-state index is 12.5. The number of aliphatic imine (C=N–C) groups is 1. The topological polar surface area (TPSA) is 121 Å². The van der Waals surface area contributed by atoms with E-state index in [1.165, 1.54) is 13.5 Å². The van der Waals surface area contributed by atoms with Crippen LogP contribution in [0, 0.1) is 0 Å². The van der Waals surface area contributed by atoms with E-state index in [0.717, 1.165) is 25.7 Å². The predicted molar refractivity (Wildman–Crippen MR) is 97.0 cm³/mol. The van der Waals surface area contributed by atoms with Crippen molar-refractivity contribution in [2.45, 2.75) is 51.2 Å². The van der Waals surface area contributed by atoms with Crippen molar-refractivity contribution in [3.8, 4) is 5.88 Å². The van der Waals surface area contributed by atoms with Gasteiger partial charge >= 0.3 is 0 Å². The Labute approximate surface area is 152 Å². The molecule has 142 valence electrons. The lowest BCUT2D eigenvalue weighted by molar-refractivity contribution is -0.131. The van der Waals surface area contributed by atoms with E-state index in [1.807, 2.05) is 0 Å². The number of fused-ring (bicyclic) bond motifs is 1. The molecule has 1 aliphatic carbocycles. The standard InChI is InChI=1S/C17H25N5O4/c1-10(25-9-24-2)14(23)12-8-19-15-13(20-12)16(22-17(18)21-15)26-11-6-4-3-5-7-11/h10-11H,3-9H2,1-2H3,(H3,18,19,21,22)/t10-/m0/s1. The number of methoxy groups -OCH3 is 1. The lowest BCUT2D eigenvalue weighted by Gasteiger charge is -2.25. The van der Waals surface area contributed by atoms with Crippen molar-refractivity contribution in [3.63, 3.8) is 0 Å². The smallest absolute Gasteiger partial charge is 0.247 e. The molecule has 1 fully saturated rings. The van der Waals surface area contributed by atoms with Crippen LogP contribution in [-0.4, -0.2) is 54.1 Å². The monoisotopic (exact) mass is 363 g/mol. The first-order valence-electron chi connectivity index (χ1n) is 8.89. The second kappa shape index (κ2) is 8.41. The van der Waals surface area contributed by atoms with E-state index < -0.39 is 6.10 Å². The van der Waals surface area contributed by atoms with E-state index in [-0.39, 0.29) is 31.2 Å². The van der Waals surface area contributed by atoms with Crippen LogP contribution in [0.4, 0.5) is 17.5 Å². The lowest BCUT2D eigenvalue weighted by atomic mass is 9.98. The van der Waals surface area contributed by atoms with E-state index in [0.29, 0.717) is 23.1 Å². The fraction of sp³-hybridized carbons (Fsp3) is 0.647. The highest BCUT2D eigenvalue weighted by Crippen LogP contribution is 2.37. The van der Waals surface area contributed by atoms with Crippen molar-refractivity contribution in [3.05, 3.63) is 0 Å². The van der Waals surface area contributed by atoms with Crippen molar-refractivity contribution < 1.29 is 19.0 Å². The number of Topliss-reactive ketones (excluding diaryl/α,β-unsaturated/α-hetero) is 1. The molecule has 1 saturated carbocycles. The molecule has 1 aromatic rings. The number of carbonyl (C=O) groups excluding carboxylic acids is 1. The van der Waals surface area contributed by atoms with Gasteiger partial charge in [-0.05, 0) is 32.6 Å². The van der Waals surface area contributed by atoms with Crippen LogP contribution >= 0.6 is 0 Å². The van der Waals surface area contributed by atoms with Gasteiger partial charge in [-0.1, -0.05) is 6.42 Å². The first-order valence-corrected chi connectivity index (χ1v) is 8.89. The van der Waals surface area contributed by atoms with Gasteiger partial charge in [0.05, 0.1) is 6.54 Å². The summed E-state index contributed by atoms with van der Waals surface area (Å²) < 4.78 is 16.2. The average molecular weight is 363 g/mol. The number of nitrogens with zero attached hydrogens (tertiary/aromatic N) is 3. The zero-order valence-corrected chi connectivity index (χ0v) is 15.2. The Bertz CT molecular complexity index is 688. The molecular formula is C17H25N5O4. The molecule has 26 heavy (non-hydrogen) atoms. The third kappa shape index (κ3) is 4.28. The van der Waals surface area contributed by atoms with Crippen molar-refractivity contribution >= 4 is 28.9 Å². The van der Waals surface area contributed by atoms with Crippen LogP contribution in [0.3, 0.4) is 0 Å². The van der Waals surface area contributed by atoms with Crippen LogP contribution in [0.2, 0.25) is 0 Å². The van der Waals surface area contributed by atoms with Crippen LogP contribution in [0.25, 0.3) is 0 Å². The molecule has 3 N–H and O–H groups in total. The van der Waals surface area contributed by atoms with E-state index in [4.69, 9.17) is 19.9 Å². The summed E-state index contributed by atoms with van der Waals surface area (Å²) in [5.41, 5.74) is 6.55. The highest BCUT2D eigenvalue weighted by atomic mass is 16.7. The molecule has 0 radical (unpaired) electrons. The van der Waals surface area contributed by atoms with E-state index in [9.17, 15) is 4.79 Å². The Morgan fingerprint density at radius 1 is 1.31 bits per heavy atom. The zero-order valence-electron chi connectivity index (χ0n) is 15.2. The molecule has 1 aliphatic heterocycles. The molecule has 9 nitrogen and oxygen atoms in total. The van der Waals surface area contributed by atoms with Gasteiger partial charge in [-0.25, -0.2) is 4.99 Å². The third-order valence-electron chi connectivity index (χ3n) is 4.46. The molecule has 1 atom stereocenters. The first kappa shape index (κ1) is 18.5. The van der Waals surface area contributed by atoms with Crippen LogP contribution in [0.1, 0.15) is 39.0 Å². The van der Waals surface area contributed by atoms with Gasteiger partial charge in [-0.2, -0.15) is 9.97 Å². The number of ketones is 1. The summed E-state index contributed by atoms with van der Waals surface area (Å²) in [7, 11) is 1.50. The maximum Gasteiger partial charge on any atom is 0.247 e. The summed E-state index contributed by atoms with van der Waals surface area (Å²) in [5, 5.41) is 3.07. The van der Waals surface area contributed by atoms with Gasteiger partial charge in [0.1, 0.15) is 24.7 Å². The third-order valence-corrected chi connectivity index (χ3v) is 4.46. The second-order valence-electron chi connectivity index (χ2n) is 6.45. The number of aromatic nitrogens is 2. The lowest BCUT2D eigenvalue weighted by Crippen LogP contribution is -2.35. The van der Waals surface area contributed by atoms with Gasteiger partial charge in [-0.3, -0.25) is 4.79 Å². The SMILES string of the molecule is COCO[C@@H](C)C(=O)C1=Nc2c(nc(N)nc2OC2CCCCC2)NC1. The Morgan fingerprint density at radius 3 is 2.81 bits per heavy atom. The number of nitrogen functional groups attached to an aromatic ring is 1. The largest absolute Gasteiger partial charge is 0.473 e. The fourth-order valence-corrected chi connectivity index (χ4v) is 3.06.